The molecule has 4 aromatic rings. The lowest BCUT2D eigenvalue weighted by molar-refractivity contribution is -0.117. The number of thioether (sulfide) groups is 1. The van der Waals surface area contributed by atoms with Crippen molar-refractivity contribution in [2.45, 2.75) is 16.1 Å². The minimum Gasteiger partial charge on any atom is -0.503 e. The van der Waals surface area contributed by atoms with Gasteiger partial charge in [-0.15, -0.1) is 10.2 Å². The summed E-state index contributed by atoms with van der Waals surface area (Å²) < 4.78 is 20.3. The van der Waals surface area contributed by atoms with Crippen LogP contribution >= 0.6 is 23.1 Å². The average Bonchev–Trinajstić information content (AvgIpc) is 3.57. The number of benzene rings is 3. The van der Waals surface area contributed by atoms with Gasteiger partial charge in [0.1, 0.15) is 18.2 Å². The molecule has 0 fully saturated rings. The number of nitrogens with zero attached hydrogens (tertiary/aromatic N) is 3. The molecule has 0 spiro atoms. The van der Waals surface area contributed by atoms with E-state index >= 15 is 0 Å². The van der Waals surface area contributed by atoms with Gasteiger partial charge in [0.05, 0.1) is 11.6 Å². The number of rotatable bonds is 11. The lowest BCUT2D eigenvalue weighted by atomic mass is 9.95. The SMILES string of the molecule is C=CCOc1cccc(C2C(C(=O)C=Cc3ccccc3)=C(O)C(=O)N2c2nnc(SCc3ccccc3F)s2)c1. The first kappa shape index (κ1) is 28.0. The van der Waals surface area contributed by atoms with Crippen LogP contribution in [0.5, 0.6) is 5.75 Å². The maximum Gasteiger partial charge on any atom is 0.296 e. The number of amides is 1. The van der Waals surface area contributed by atoms with E-state index in [1.54, 1.807) is 54.6 Å². The fourth-order valence-corrected chi connectivity index (χ4v) is 6.09. The van der Waals surface area contributed by atoms with E-state index in [9.17, 15) is 19.1 Å². The van der Waals surface area contributed by atoms with Crippen molar-refractivity contribution in [3.05, 3.63) is 131 Å². The summed E-state index contributed by atoms with van der Waals surface area (Å²) in [6.07, 6.45) is 4.56. The molecule has 7 nitrogen and oxygen atoms in total. The van der Waals surface area contributed by atoms with Gasteiger partial charge in [-0.05, 0) is 41.0 Å². The van der Waals surface area contributed by atoms with E-state index in [4.69, 9.17) is 4.74 Å². The summed E-state index contributed by atoms with van der Waals surface area (Å²) in [6.45, 7) is 3.93. The van der Waals surface area contributed by atoms with Gasteiger partial charge in [-0.1, -0.05) is 102 Å². The zero-order valence-electron chi connectivity index (χ0n) is 21.6. The third kappa shape index (κ3) is 6.29. The molecule has 1 unspecified atom stereocenters. The Labute approximate surface area is 244 Å². The molecule has 0 bridgehead atoms. The Morgan fingerprint density at radius 3 is 2.66 bits per heavy atom. The molecular weight excluding hydrogens is 561 g/mol. The molecule has 0 aliphatic carbocycles. The second-order valence-corrected chi connectivity index (χ2v) is 11.0. The molecule has 1 atom stereocenters. The van der Waals surface area contributed by atoms with Gasteiger partial charge < -0.3 is 9.84 Å². The van der Waals surface area contributed by atoms with E-state index in [1.807, 2.05) is 30.3 Å². The lowest BCUT2D eigenvalue weighted by Crippen LogP contribution is -2.30. The van der Waals surface area contributed by atoms with Crippen LogP contribution in [0.4, 0.5) is 9.52 Å². The summed E-state index contributed by atoms with van der Waals surface area (Å²) >= 11 is 2.39. The second kappa shape index (κ2) is 12.8. The number of carbonyl (C=O) groups is 2. The third-order valence-electron chi connectivity index (χ3n) is 6.15. The van der Waals surface area contributed by atoms with Crippen molar-refractivity contribution >= 4 is 46.0 Å². The summed E-state index contributed by atoms with van der Waals surface area (Å²) in [6, 6.07) is 21.6. The third-order valence-corrected chi connectivity index (χ3v) is 8.26. The minimum absolute atomic E-state index is 0.0844. The summed E-state index contributed by atoms with van der Waals surface area (Å²) in [7, 11) is 0. The number of aliphatic hydroxyl groups is 1. The summed E-state index contributed by atoms with van der Waals surface area (Å²) in [5.74, 6) is -1.45. The number of hydrogen-bond donors (Lipinski definition) is 1. The van der Waals surface area contributed by atoms with Gasteiger partial charge >= 0.3 is 0 Å². The van der Waals surface area contributed by atoms with Crippen molar-refractivity contribution < 1.29 is 23.8 Å². The summed E-state index contributed by atoms with van der Waals surface area (Å²) in [4.78, 5) is 28.2. The molecule has 1 aliphatic rings. The molecule has 41 heavy (non-hydrogen) atoms. The molecule has 0 radical (unpaired) electrons. The van der Waals surface area contributed by atoms with Crippen LogP contribution in [0, 0.1) is 5.82 Å². The molecule has 1 N–H and O–H groups in total. The van der Waals surface area contributed by atoms with Crippen LogP contribution in [-0.4, -0.2) is 33.6 Å². The number of carbonyl (C=O) groups excluding carboxylic acids is 2. The number of hydrogen-bond acceptors (Lipinski definition) is 8. The molecule has 0 saturated carbocycles. The lowest BCUT2D eigenvalue weighted by Gasteiger charge is -2.24. The largest absolute Gasteiger partial charge is 0.503 e. The minimum atomic E-state index is -0.986. The van der Waals surface area contributed by atoms with Gasteiger partial charge in [-0.3, -0.25) is 14.5 Å². The molecule has 1 aromatic heterocycles. The van der Waals surface area contributed by atoms with Crippen LogP contribution in [0.25, 0.3) is 6.08 Å². The number of halogens is 1. The number of aliphatic hydroxyl groups excluding tert-OH is 1. The highest BCUT2D eigenvalue weighted by molar-refractivity contribution is 8.00. The Kier molecular flexibility index (Phi) is 8.71. The maximum atomic E-state index is 14.1. The van der Waals surface area contributed by atoms with Gasteiger partial charge in [-0.2, -0.15) is 0 Å². The molecule has 1 amide bonds. The molecule has 5 rings (SSSR count). The quantitative estimate of drug-likeness (QED) is 0.0904. The first-order chi connectivity index (χ1) is 20.0. The van der Waals surface area contributed by atoms with Crippen LogP contribution in [0.2, 0.25) is 0 Å². The fraction of sp³-hybridized carbons (Fsp3) is 0.0968. The van der Waals surface area contributed by atoms with Crippen molar-refractivity contribution in [3.8, 4) is 5.75 Å². The van der Waals surface area contributed by atoms with E-state index in [-0.39, 0.29) is 23.1 Å². The molecule has 0 saturated heterocycles. The van der Waals surface area contributed by atoms with Gasteiger partial charge in [0.2, 0.25) is 5.13 Å². The van der Waals surface area contributed by atoms with E-state index in [2.05, 4.69) is 16.8 Å². The first-order valence-corrected chi connectivity index (χ1v) is 14.3. The predicted molar refractivity (Wildman–Crippen MR) is 158 cm³/mol. The van der Waals surface area contributed by atoms with E-state index in [0.717, 1.165) is 16.9 Å². The van der Waals surface area contributed by atoms with Crippen LogP contribution in [0.1, 0.15) is 22.7 Å². The maximum absolute atomic E-state index is 14.1. The monoisotopic (exact) mass is 585 g/mol. The summed E-state index contributed by atoms with van der Waals surface area (Å²) in [5.41, 5.74) is 1.76. The number of aromatic nitrogens is 2. The number of ketones is 1. The Hall–Kier alpha value is -4.54. The van der Waals surface area contributed by atoms with E-state index in [1.165, 1.54) is 28.8 Å². The van der Waals surface area contributed by atoms with Crippen molar-refractivity contribution in [2.75, 3.05) is 11.5 Å². The summed E-state index contributed by atoms with van der Waals surface area (Å²) in [5, 5.41) is 19.6. The molecule has 3 aromatic carbocycles. The zero-order chi connectivity index (χ0) is 28.8. The van der Waals surface area contributed by atoms with Gasteiger partial charge in [0, 0.05) is 5.75 Å². The Bertz CT molecular complexity index is 1650. The van der Waals surface area contributed by atoms with Gasteiger partial charge in [0.25, 0.3) is 5.91 Å². The average molecular weight is 586 g/mol. The fourth-order valence-electron chi connectivity index (χ4n) is 4.24. The number of ether oxygens (including phenoxy) is 1. The number of allylic oxidation sites excluding steroid dienone is 1. The van der Waals surface area contributed by atoms with Crippen LogP contribution in [-0.2, 0) is 15.3 Å². The second-order valence-electron chi connectivity index (χ2n) is 8.85. The molecule has 206 valence electrons. The molecule has 2 heterocycles. The normalized spacial score (nSPS) is 15.1. The highest BCUT2D eigenvalue weighted by Crippen LogP contribution is 2.44. The zero-order valence-corrected chi connectivity index (χ0v) is 23.3. The predicted octanol–water partition coefficient (Wildman–Crippen LogP) is 6.72. The van der Waals surface area contributed by atoms with Crippen LogP contribution < -0.4 is 9.64 Å². The van der Waals surface area contributed by atoms with Crippen molar-refractivity contribution in [1.29, 1.82) is 0 Å². The van der Waals surface area contributed by atoms with Gasteiger partial charge in [0.15, 0.2) is 15.9 Å². The van der Waals surface area contributed by atoms with Crippen LogP contribution in [0.15, 0.2) is 113 Å². The standard InChI is InChI=1S/C31H24FN3O4S2/c1-2-17-39-23-13-8-12-21(18-23)27-26(25(36)16-15-20-9-4-3-5-10-20)28(37)29(38)35(27)30-33-34-31(41-30)40-19-22-11-6-7-14-24(22)32/h2-16,18,27,37H,1,17,19H2. The van der Waals surface area contributed by atoms with E-state index in [0.29, 0.717) is 27.0 Å². The Morgan fingerprint density at radius 1 is 1.10 bits per heavy atom. The van der Waals surface area contributed by atoms with Crippen molar-refractivity contribution in [2.24, 2.45) is 0 Å². The van der Waals surface area contributed by atoms with Crippen molar-refractivity contribution in [3.63, 3.8) is 0 Å². The smallest absolute Gasteiger partial charge is 0.296 e. The first-order valence-electron chi connectivity index (χ1n) is 12.5. The highest BCUT2D eigenvalue weighted by atomic mass is 32.2. The highest BCUT2D eigenvalue weighted by Gasteiger charge is 2.45. The Morgan fingerprint density at radius 2 is 1.88 bits per heavy atom. The van der Waals surface area contributed by atoms with Gasteiger partial charge in [-0.25, -0.2) is 4.39 Å². The Balaban J connectivity index is 1.49. The van der Waals surface area contributed by atoms with Crippen LogP contribution in [0.3, 0.4) is 0 Å². The van der Waals surface area contributed by atoms with Crippen molar-refractivity contribution in [1.82, 2.24) is 10.2 Å². The van der Waals surface area contributed by atoms with E-state index < -0.39 is 23.5 Å². The molecule has 1 aliphatic heterocycles. The molecular formula is C31H24FN3O4S2. The topological polar surface area (TPSA) is 92.6 Å². The number of anilines is 1. The molecule has 10 heteroatoms.